The van der Waals surface area contributed by atoms with Crippen molar-refractivity contribution in [3.63, 3.8) is 0 Å². The number of carbonyl (C=O) groups is 1. The molecule has 0 saturated carbocycles. The normalized spacial score (nSPS) is 12.0. The Labute approximate surface area is 129 Å². The van der Waals surface area contributed by atoms with Crippen molar-refractivity contribution in [3.8, 4) is 0 Å². The van der Waals surface area contributed by atoms with Crippen LogP contribution in [0.4, 0.5) is 4.39 Å². The number of hydrogen-bond donors (Lipinski definition) is 2. The van der Waals surface area contributed by atoms with Crippen molar-refractivity contribution >= 4 is 5.91 Å². The molecule has 0 aliphatic heterocycles. The predicted molar refractivity (Wildman–Crippen MR) is 83.5 cm³/mol. The summed E-state index contributed by atoms with van der Waals surface area (Å²) in [5.41, 5.74) is 9.39. The van der Waals surface area contributed by atoms with Gasteiger partial charge in [-0.2, -0.15) is 0 Å². The lowest BCUT2D eigenvalue weighted by molar-refractivity contribution is -0.121. The molecule has 0 aliphatic carbocycles. The van der Waals surface area contributed by atoms with Gasteiger partial charge in [-0.3, -0.25) is 9.78 Å². The highest BCUT2D eigenvalue weighted by Gasteiger charge is 2.12. The Kier molecular flexibility index (Phi) is 5.22. The van der Waals surface area contributed by atoms with E-state index in [0.29, 0.717) is 12.1 Å². The third-order valence-electron chi connectivity index (χ3n) is 3.31. The third-order valence-corrected chi connectivity index (χ3v) is 3.31. The summed E-state index contributed by atoms with van der Waals surface area (Å²) in [4.78, 5) is 16.2. The number of hydrogen-bond acceptors (Lipinski definition) is 3. The molecule has 0 spiro atoms. The maximum Gasteiger partial charge on any atom is 0.222 e. The lowest BCUT2D eigenvalue weighted by atomic mass is 10.0. The van der Waals surface area contributed by atoms with Gasteiger partial charge in [-0.05, 0) is 49.2 Å². The second-order valence-electron chi connectivity index (χ2n) is 5.40. The van der Waals surface area contributed by atoms with E-state index in [9.17, 15) is 9.18 Å². The van der Waals surface area contributed by atoms with Crippen molar-refractivity contribution in [2.45, 2.75) is 32.9 Å². The summed E-state index contributed by atoms with van der Waals surface area (Å²) in [6.45, 7) is 4.26. The molecule has 0 fully saturated rings. The highest BCUT2D eigenvalue weighted by molar-refractivity contribution is 5.76. The number of aromatic nitrogens is 1. The van der Waals surface area contributed by atoms with E-state index >= 15 is 0 Å². The highest BCUT2D eigenvalue weighted by Crippen LogP contribution is 2.15. The van der Waals surface area contributed by atoms with Gasteiger partial charge in [-0.1, -0.05) is 12.1 Å². The minimum atomic E-state index is -0.517. The molecule has 22 heavy (non-hydrogen) atoms. The molecule has 116 valence electrons. The molecule has 4 nitrogen and oxygen atoms in total. The minimum Gasteiger partial charge on any atom is -0.352 e. The van der Waals surface area contributed by atoms with E-state index in [-0.39, 0.29) is 18.1 Å². The molecule has 1 unspecified atom stereocenters. The smallest absolute Gasteiger partial charge is 0.222 e. The van der Waals surface area contributed by atoms with E-state index in [1.54, 1.807) is 12.1 Å². The second kappa shape index (κ2) is 7.13. The first-order chi connectivity index (χ1) is 10.4. The number of carbonyl (C=O) groups excluding carboxylic acids is 1. The summed E-state index contributed by atoms with van der Waals surface area (Å²) in [6, 6.07) is 9.36. The molecule has 1 aromatic carbocycles. The van der Waals surface area contributed by atoms with Crippen LogP contribution in [0.15, 0.2) is 36.4 Å². The van der Waals surface area contributed by atoms with E-state index in [1.165, 1.54) is 12.1 Å². The highest BCUT2D eigenvalue weighted by atomic mass is 19.1. The van der Waals surface area contributed by atoms with Gasteiger partial charge in [0, 0.05) is 30.4 Å². The molecule has 0 bridgehead atoms. The predicted octanol–water partition coefficient (Wildman–Crippen LogP) is 2.54. The number of halogens is 1. The fourth-order valence-corrected chi connectivity index (χ4v) is 2.35. The number of aryl methyl sites for hydroxylation is 2. The van der Waals surface area contributed by atoms with Crippen molar-refractivity contribution in [1.29, 1.82) is 0 Å². The molecule has 1 atom stereocenters. The number of rotatable bonds is 5. The number of amides is 1. The van der Waals surface area contributed by atoms with Crippen molar-refractivity contribution in [3.05, 3.63) is 64.7 Å². The Morgan fingerprint density at radius 2 is 1.95 bits per heavy atom. The molecule has 0 radical (unpaired) electrons. The average Bonchev–Trinajstić information content (AvgIpc) is 2.44. The zero-order chi connectivity index (χ0) is 16.1. The quantitative estimate of drug-likeness (QED) is 0.892. The van der Waals surface area contributed by atoms with E-state index in [4.69, 9.17) is 5.73 Å². The minimum absolute atomic E-state index is 0.118. The van der Waals surface area contributed by atoms with Gasteiger partial charge >= 0.3 is 0 Å². The Hall–Kier alpha value is -2.27. The van der Waals surface area contributed by atoms with E-state index < -0.39 is 6.04 Å². The Morgan fingerprint density at radius 3 is 2.59 bits per heavy atom. The van der Waals surface area contributed by atoms with Crippen LogP contribution in [0.2, 0.25) is 0 Å². The maximum absolute atomic E-state index is 13.1. The molecule has 1 heterocycles. The Bertz CT molecular complexity index is 652. The molecule has 0 aliphatic rings. The molecule has 3 N–H and O–H groups in total. The van der Waals surface area contributed by atoms with Crippen LogP contribution in [0.1, 0.15) is 35.0 Å². The van der Waals surface area contributed by atoms with Gasteiger partial charge in [0.1, 0.15) is 5.82 Å². The van der Waals surface area contributed by atoms with Crippen LogP contribution < -0.4 is 11.1 Å². The van der Waals surface area contributed by atoms with Gasteiger partial charge in [0.05, 0.1) is 0 Å². The number of nitrogens with zero attached hydrogens (tertiary/aromatic N) is 1. The van der Waals surface area contributed by atoms with Gasteiger partial charge in [0.25, 0.3) is 0 Å². The van der Waals surface area contributed by atoms with Crippen LogP contribution in [0.25, 0.3) is 0 Å². The zero-order valence-electron chi connectivity index (χ0n) is 12.8. The number of nitrogens with two attached hydrogens (primary N) is 1. The number of pyridine rings is 1. The van der Waals surface area contributed by atoms with Gasteiger partial charge in [0.2, 0.25) is 5.91 Å². The lowest BCUT2D eigenvalue weighted by Crippen LogP contribution is -2.27. The van der Waals surface area contributed by atoms with E-state index in [0.717, 1.165) is 17.0 Å². The van der Waals surface area contributed by atoms with Gasteiger partial charge < -0.3 is 11.1 Å². The monoisotopic (exact) mass is 301 g/mol. The van der Waals surface area contributed by atoms with Crippen LogP contribution in [-0.2, 0) is 11.3 Å². The summed E-state index contributed by atoms with van der Waals surface area (Å²) in [6.07, 6.45) is 0.118. The Morgan fingerprint density at radius 1 is 1.27 bits per heavy atom. The van der Waals surface area contributed by atoms with Crippen LogP contribution in [-0.4, -0.2) is 10.9 Å². The first-order valence-corrected chi connectivity index (χ1v) is 7.16. The standard InChI is InChI=1S/C17H20FN3O/c1-11-6-13(7-12(2)21-11)10-20-17(22)9-16(19)14-4-3-5-15(18)8-14/h3-8,16H,9-10,19H2,1-2H3,(H,20,22). The van der Waals surface area contributed by atoms with Gasteiger partial charge in [-0.15, -0.1) is 0 Å². The topological polar surface area (TPSA) is 68.0 Å². The first kappa shape index (κ1) is 16.1. The third kappa shape index (κ3) is 4.63. The van der Waals surface area contributed by atoms with Gasteiger partial charge in [-0.25, -0.2) is 4.39 Å². The Balaban J connectivity index is 1.90. The van der Waals surface area contributed by atoms with Crippen LogP contribution in [0.3, 0.4) is 0 Å². The van der Waals surface area contributed by atoms with Crippen molar-refractivity contribution < 1.29 is 9.18 Å². The first-order valence-electron chi connectivity index (χ1n) is 7.16. The van der Waals surface area contributed by atoms with Gasteiger partial charge in [0.15, 0.2) is 0 Å². The fraction of sp³-hybridized carbons (Fsp3) is 0.294. The molecular weight excluding hydrogens is 281 g/mol. The molecule has 1 amide bonds. The summed E-state index contributed by atoms with van der Waals surface area (Å²) in [5.74, 6) is -0.514. The summed E-state index contributed by atoms with van der Waals surface area (Å²) >= 11 is 0. The van der Waals surface area contributed by atoms with Crippen LogP contribution in [0, 0.1) is 19.7 Å². The van der Waals surface area contributed by atoms with Crippen molar-refractivity contribution in [2.24, 2.45) is 5.73 Å². The number of nitrogens with one attached hydrogen (secondary N) is 1. The summed E-state index contributed by atoms with van der Waals surface area (Å²) < 4.78 is 13.1. The largest absolute Gasteiger partial charge is 0.352 e. The van der Waals surface area contributed by atoms with Crippen LogP contribution >= 0.6 is 0 Å². The molecule has 5 heteroatoms. The zero-order valence-corrected chi connectivity index (χ0v) is 12.8. The SMILES string of the molecule is Cc1cc(CNC(=O)CC(N)c2cccc(F)c2)cc(C)n1. The average molecular weight is 301 g/mol. The van der Waals surface area contributed by atoms with Crippen molar-refractivity contribution in [1.82, 2.24) is 10.3 Å². The summed E-state index contributed by atoms with van der Waals surface area (Å²) in [7, 11) is 0. The van der Waals surface area contributed by atoms with Crippen molar-refractivity contribution in [2.75, 3.05) is 0 Å². The molecule has 2 aromatic rings. The molecule has 0 saturated heterocycles. The summed E-state index contributed by atoms with van der Waals surface area (Å²) in [5, 5.41) is 2.83. The van der Waals surface area contributed by atoms with E-state index in [2.05, 4.69) is 10.3 Å². The number of benzene rings is 1. The molecule has 2 rings (SSSR count). The molecule has 1 aromatic heterocycles. The van der Waals surface area contributed by atoms with Crippen LogP contribution in [0.5, 0.6) is 0 Å². The lowest BCUT2D eigenvalue weighted by Gasteiger charge is -2.12. The van der Waals surface area contributed by atoms with E-state index in [1.807, 2.05) is 26.0 Å². The fourth-order valence-electron chi connectivity index (χ4n) is 2.35. The maximum atomic E-state index is 13.1. The molecular formula is C17H20FN3O. The second-order valence-corrected chi connectivity index (χ2v) is 5.40.